The van der Waals surface area contributed by atoms with Crippen LogP contribution in [0.2, 0.25) is 0 Å². The lowest BCUT2D eigenvalue weighted by Gasteiger charge is -2.08. The first-order valence-electron chi connectivity index (χ1n) is 6.14. The van der Waals surface area contributed by atoms with Crippen LogP contribution in [0.15, 0.2) is 67.0 Å². The fourth-order valence-electron chi connectivity index (χ4n) is 2.10. The maximum absolute atomic E-state index is 13.3. The minimum absolute atomic E-state index is 0.244. The van der Waals surface area contributed by atoms with Gasteiger partial charge >= 0.3 is 0 Å². The van der Waals surface area contributed by atoms with E-state index in [0.29, 0.717) is 0 Å². The van der Waals surface area contributed by atoms with E-state index in [2.05, 4.69) is 17.1 Å². The van der Waals surface area contributed by atoms with E-state index in [-0.39, 0.29) is 5.82 Å². The number of hydrogen-bond donors (Lipinski definition) is 0. The van der Waals surface area contributed by atoms with Gasteiger partial charge in [0.25, 0.3) is 0 Å². The van der Waals surface area contributed by atoms with Crippen molar-refractivity contribution in [3.05, 3.63) is 78.4 Å². The van der Waals surface area contributed by atoms with Crippen molar-refractivity contribution in [1.82, 2.24) is 9.55 Å². The molecule has 0 radical (unpaired) electrons. The molecule has 3 aromatic rings. The van der Waals surface area contributed by atoms with Gasteiger partial charge in [0.1, 0.15) is 11.6 Å². The Morgan fingerprint density at radius 3 is 2.63 bits per heavy atom. The van der Waals surface area contributed by atoms with Crippen LogP contribution in [0.3, 0.4) is 0 Å². The second-order valence-corrected chi connectivity index (χ2v) is 4.37. The fourth-order valence-corrected chi connectivity index (χ4v) is 2.10. The Hall–Kier alpha value is -2.42. The highest BCUT2D eigenvalue weighted by molar-refractivity contribution is 5.55. The molecule has 0 aliphatic rings. The van der Waals surface area contributed by atoms with E-state index in [1.165, 1.54) is 17.7 Å². The zero-order valence-corrected chi connectivity index (χ0v) is 10.3. The van der Waals surface area contributed by atoms with Crippen LogP contribution in [0.25, 0.3) is 11.4 Å². The van der Waals surface area contributed by atoms with Crippen molar-refractivity contribution in [2.75, 3.05) is 0 Å². The van der Waals surface area contributed by atoms with Crippen molar-refractivity contribution in [1.29, 1.82) is 0 Å². The van der Waals surface area contributed by atoms with Crippen LogP contribution < -0.4 is 0 Å². The smallest absolute Gasteiger partial charge is 0.140 e. The number of hydrogen-bond acceptors (Lipinski definition) is 1. The standard InChI is InChI=1S/C16H13FN2/c17-15-8-4-7-14(11-15)16-18-9-10-19(16)12-13-5-2-1-3-6-13/h1-11H,12H2. The summed E-state index contributed by atoms with van der Waals surface area (Å²) in [6.07, 6.45) is 3.65. The van der Waals surface area contributed by atoms with Crippen LogP contribution in [-0.4, -0.2) is 9.55 Å². The molecular weight excluding hydrogens is 239 g/mol. The normalized spacial score (nSPS) is 10.6. The van der Waals surface area contributed by atoms with E-state index < -0.39 is 0 Å². The highest BCUT2D eigenvalue weighted by Crippen LogP contribution is 2.19. The Bertz CT molecular complexity index is 674. The summed E-state index contributed by atoms with van der Waals surface area (Å²) in [6.45, 7) is 0.729. The Balaban J connectivity index is 1.95. The zero-order valence-electron chi connectivity index (χ0n) is 10.3. The number of aromatic nitrogens is 2. The topological polar surface area (TPSA) is 17.8 Å². The van der Waals surface area contributed by atoms with Gasteiger partial charge in [0.05, 0.1) is 0 Å². The third-order valence-electron chi connectivity index (χ3n) is 2.99. The van der Waals surface area contributed by atoms with Crippen LogP contribution in [0.5, 0.6) is 0 Å². The molecule has 19 heavy (non-hydrogen) atoms. The van der Waals surface area contributed by atoms with E-state index in [4.69, 9.17) is 0 Å². The zero-order chi connectivity index (χ0) is 13.1. The van der Waals surface area contributed by atoms with Crippen molar-refractivity contribution in [2.45, 2.75) is 6.54 Å². The minimum atomic E-state index is -0.244. The molecule has 1 aromatic heterocycles. The van der Waals surface area contributed by atoms with Crippen molar-refractivity contribution >= 4 is 0 Å². The second-order valence-electron chi connectivity index (χ2n) is 4.37. The molecular formula is C16H13FN2. The number of nitrogens with zero attached hydrogens (tertiary/aromatic N) is 2. The molecule has 0 aliphatic carbocycles. The monoisotopic (exact) mass is 252 g/mol. The van der Waals surface area contributed by atoms with Crippen molar-refractivity contribution in [3.63, 3.8) is 0 Å². The highest BCUT2D eigenvalue weighted by atomic mass is 19.1. The predicted octanol–water partition coefficient (Wildman–Crippen LogP) is 3.74. The summed E-state index contributed by atoms with van der Waals surface area (Å²) in [5.74, 6) is 0.537. The summed E-state index contributed by atoms with van der Waals surface area (Å²) in [6, 6.07) is 16.6. The lowest BCUT2D eigenvalue weighted by molar-refractivity contribution is 0.628. The van der Waals surface area contributed by atoms with Gasteiger partial charge in [-0.1, -0.05) is 42.5 Å². The van der Waals surface area contributed by atoms with Gasteiger partial charge in [-0.2, -0.15) is 0 Å². The molecule has 1 heterocycles. The summed E-state index contributed by atoms with van der Waals surface area (Å²) in [5.41, 5.74) is 1.99. The highest BCUT2D eigenvalue weighted by Gasteiger charge is 2.07. The first-order chi connectivity index (χ1) is 9.33. The number of halogens is 1. The average Bonchev–Trinajstić information content (AvgIpc) is 2.88. The Morgan fingerprint density at radius 2 is 1.84 bits per heavy atom. The number of benzene rings is 2. The molecule has 0 spiro atoms. The summed E-state index contributed by atoms with van der Waals surface area (Å²) in [4.78, 5) is 4.32. The molecule has 2 nitrogen and oxygen atoms in total. The van der Waals surface area contributed by atoms with E-state index in [0.717, 1.165) is 17.9 Å². The van der Waals surface area contributed by atoms with Gasteiger partial charge in [0.2, 0.25) is 0 Å². The molecule has 0 bridgehead atoms. The summed E-state index contributed by atoms with van der Waals surface area (Å²) in [5, 5.41) is 0. The van der Waals surface area contributed by atoms with Crippen LogP contribution in [0.4, 0.5) is 4.39 Å². The Labute approximate surface area is 111 Å². The van der Waals surface area contributed by atoms with Gasteiger partial charge in [0.15, 0.2) is 0 Å². The molecule has 3 heteroatoms. The molecule has 0 unspecified atom stereocenters. The van der Waals surface area contributed by atoms with Gasteiger partial charge < -0.3 is 4.57 Å². The maximum atomic E-state index is 13.3. The number of imidazole rings is 1. The second kappa shape index (κ2) is 5.06. The lowest BCUT2D eigenvalue weighted by Crippen LogP contribution is -2.01. The van der Waals surface area contributed by atoms with Gasteiger partial charge in [-0.05, 0) is 17.7 Å². The SMILES string of the molecule is Fc1cccc(-c2nccn2Cc2ccccc2)c1. The molecule has 0 saturated heterocycles. The van der Waals surface area contributed by atoms with Crippen molar-refractivity contribution < 1.29 is 4.39 Å². The van der Waals surface area contributed by atoms with E-state index in [1.54, 1.807) is 12.3 Å². The molecule has 0 atom stereocenters. The van der Waals surface area contributed by atoms with Crippen molar-refractivity contribution in [3.8, 4) is 11.4 Å². The Kier molecular flexibility index (Phi) is 3.11. The minimum Gasteiger partial charge on any atom is -0.327 e. The maximum Gasteiger partial charge on any atom is 0.140 e. The van der Waals surface area contributed by atoms with Crippen LogP contribution in [-0.2, 0) is 6.54 Å². The first kappa shape index (κ1) is 11.7. The summed E-state index contributed by atoms with van der Waals surface area (Å²) >= 11 is 0. The quantitative estimate of drug-likeness (QED) is 0.694. The number of rotatable bonds is 3. The van der Waals surface area contributed by atoms with Gasteiger partial charge in [-0.3, -0.25) is 0 Å². The fraction of sp³-hybridized carbons (Fsp3) is 0.0625. The lowest BCUT2D eigenvalue weighted by atomic mass is 10.2. The molecule has 2 aromatic carbocycles. The largest absolute Gasteiger partial charge is 0.327 e. The van der Waals surface area contributed by atoms with E-state index >= 15 is 0 Å². The molecule has 0 aliphatic heterocycles. The molecule has 0 amide bonds. The van der Waals surface area contributed by atoms with Crippen molar-refractivity contribution in [2.24, 2.45) is 0 Å². The van der Waals surface area contributed by atoms with Gasteiger partial charge in [0, 0.05) is 24.5 Å². The molecule has 3 rings (SSSR count). The van der Waals surface area contributed by atoms with Crippen LogP contribution in [0, 0.1) is 5.82 Å². The summed E-state index contributed by atoms with van der Waals surface area (Å²) < 4.78 is 15.3. The van der Waals surface area contributed by atoms with Gasteiger partial charge in [-0.15, -0.1) is 0 Å². The molecule has 0 fully saturated rings. The Morgan fingerprint density at radius 1 is 1.00 bits per heavy atom. The van der Waals surface area contributed by atoms with Crippen LogP contribution in [0.1, 0.15) is 5.56 Å². The van der Waals surface area contributed by atoms with Gasteiger partial charge in [-0.25, -0.2) is 9.37 Å². The van der Waals surface area contributed by atoms with E-state index in [9.17, 15) is 4.39 Å². The third kappa shape index (κ3) is 2.55. The molecule has 0 saturated carbocycles. The molecule has 0 N–H and O–H groups in total. The third-order valence-corrected chi connectivity index (χ3v) is 2.99. The molecule has 94 valence electrons. The average molecular weight is 252 g/mol. The predicted molar refractivity (Wildman–Crippen MR) is 73.2 cm³/mol. The van der Waals surface area contributed by atoms with Crippen LogP contribution >= 0.6 is 0 Å². The first-order valence-corrected chi connectivity index (χ1v) is 6.14. The summed E-state index contributed by atoms with van der Waals surface area (Å²) in [7, 11) is 0. The van der Waals surface area contributed by atoms with E-state index in [1.807, 2.05) is 35.0 Å².